The number of aromatic nitrogens is 1. The van der Waals surface area contributed by atoms with E-state index in [0.717, 1.165) is 22.0 Å². The summed E-state index contributed by atoms with van der Waals surface area (Å²) < 4.78 is 0.964. The summed E-state index contributed by atoms with van der Waals surface area (Å²) in [6.45, 7) is 4.07. The van der Waals surface area contributed by atoms with Gasteiger partial charge in [-0.3, -0.25) is 4.79 Å². The van der Waals surface area contributed by atoms with E-state index in [-0.39, 0.29) is 5.78 Å². The Morgan fingerprint density at radius 3 is 2.61 bits per heavy atom. The molecule has 4 heteroatoms. The van der Waals surface area contributed by atoms with Gasteiger partial charge in [0.15, 0.2) is 10.1 Å². The number of hydrogen-bond donors (Lipinski definition) is 0. The third-order valence-corrected chi connectivity index (χ3v) is 4.75. The summed E-state index contributed by atoms with van der Waals surface area (Å²) in [5.74, 6) is 0.619. The van der Waals surface area contributed by atoms with Crippen molar-refractivity contribution in [2.45, 2.75) is 24.6 Å². The van der Waals surface area contributed by atoms with Crippen LogP contribution in [0.4, 0.5) is 0 Å². The fourth-order valence-corrected chi connectivity index (χ4v) is 3.28. The van der Waals surface area contributed by atoms with Crippen LogP contribution in [0.1, 0.15) is 28.5 Å². The van der Waals surface area contributed by atoms with Crippen molar-refractivity contribution in [1.29, 1.82) is 0 Å². The molecule has 0 amide bonds. The van der Waals surface area contributed by atoms with Gasteiger partial charge in [0.1, 0.15) is 0 Å². The number of aryl methyl sites for hydroxylation is 2. The van der Waals surface area contributed by atoms with Gasteiger partial charge in [0.05, 0.1) is 5.75 Å². The van der Waals surface area contributed by atoms with E-state index in [0.29, 0.717) is 5.75 Å². The molecule has 0 unspecified atom stereocenters. The van der Waals surface area contributed by atoms with E-state index >= 15 is 0 Å². The average molecular weight is 277 g/mol. The van der Waals surface area contributed by atoms with Crippen LogP contribution in [0.5, 0.6) is 0 Å². The van der Waals surface area contributed by atoms with Gasteiger partial charge < -0.3 is 0 Å². The fraction of sp³-hybridized carbons (Fsp3) is 0.286. The third kappa shape index (κ3) is 3.43. The van der Waals surface area contributed by atoms with Crippen molar-refractivity contribution in [3.8, 4) is 0 Å². The first kappa shape index (κ1) is 13.3. The number of carbonyl (C=O) groups is 1. The second-order valence-electron chi connectivity index (χ2n) is 4.02. The molecule has 2 rings (SSSR count). The van der Waals surface area contributed by atoms with Crippen LogP contribution in [0.25, 0.3) is 0 Å². The lowest BCUT2D eigenvalue weighted by molar-refractivity contribution is 0.102. The number of Topliss-reactive ketones (excluding diaryl/α,β-unsaturated/α-hetero) is 1. The minimum absolute atomic E-state index is 0.163. The molecule has 0 aliphatic heterocycles. The van der Waals surface area contributed by atoms with Crippen molar-refractivity contribution in [2.75, 3.05) is 5.75 Å². The highest BCUT2D eigenvalue weighted by Crippen LogP contribution is 2.23. The Bertz CT molecular complexity index is 531. The van der Waals surface area contributed by atoms with Crippen LogP contribution in [0.15, 0.2) is 34.0 Å². The Morgan fingerprint density at radius 2 is 2.06 bits per heavy atom. The lowest BCUT2D eigenvalue weighted by atomic mass is 10.1. The SMILES string of the molecule is CCc1ccc(C(=O)CSc2nc(C)cs2)cc1. The molecule has 0 bridgehead atoms. The van der Waals surface area contributed by atoms with Crippen molar-refractivity contribution >= 4 is 28.9 Å². The zero-order chi connectivity index (χ0) is 13.0. The molecule has 1 aromatic carbocycles. The van der Waals surface area contributed by atoms with E-state index in [9.17, 15) is 4.79 Å². The first-order valence-corrected chi connectivity index (χ1v) is 7.72. The molecular formula is C14H15NOS2. The Labute approximate surface area is 115 Å². The summed E-state index contributed by atoms with van der Waals surface area (Å²) in [4.78, 5) is 16.3. The monoisotopic (exact) mass is 277 g/mol. The lowest BCUT2D eigenvalue weighted by Crippen LogP contribution is -2.02. The highest BCUT2D eigenvalue weighted by Gasteiger charge is 2.08. The number of thiazole rings is 1. The molecule has 2 aromatic rings. The maximum absolute atomic E-state index is 12.0. The molecule has 0 N–H and O–H groups in total. The second kappa shape index (κ2) is 6.16. The summed E-state index contributed by atoms with van der Waals surface area (Å²) in [5.41, 5.74) is 3.06. The Balaban J connectivity index is 1.94. The van der Waals surface area contributed by atoms with E-state index < -0.39 is 0 Å². The second-order valence-corrected chi connectivity index (χ2v) is 6.10. The highest BCUT2D eigenvalue weighted by atomic mass is 32.2. The van der Waals surface area contributed by atoms with Gasteiger partial charge in [0, 0.05) is 16.6 Å². The van der Waals surface area contributed by atoms with Gasteiger partial charge in [-0.1, -0.05) is 43.0 Å². The van der Waals surface area contributed by atoms with E-state index in [2.05, 4.69) is 11.9 Å². The molecule has 0 saturated carbocycles. The molecule has 0 spiro atoms. The molecule has 1 aromatic heterocycles. The third-order valence-electron chi connectivity index (χ3n) is 2.61. The summed E-state index contributed by atoms with van der Waals surface area (Å²) in [7, 11) is 0. The van der Waals surface area contributed by atoms with Crippen LogP contribution in [0, 0.1) is 6.92 Å². The molecule has 2 nitrogen and oxygen atoms in total. The van der Waals surface area contributed by atoms with E-state index in [1.165, 1.54) is 17.3 Å². The smallest absolute Gasteiger partial charge is 0.173 e. The number of benzene rings is 1. The van der Waals surface area contributed by atoms with Gasteiger partial charge >= 0.3 is 0 Å². The zero-order valence-corrected chi connectivity index (χ0v) is 12.1. The van der Waals surface area contributed by atoms with Gasteiger partial charge in [-0.05, 0) is 18.9 Å². The molecule has 0 radical (unpaired) electrons. The van der Waals surface area contributed by atoms with E-state index in [1.807, 2.05) is 36.6 Å². The summed E-state index contributed by atoms with van der Waals surface area (Å²) >= 11 is 3.10. The fourth-order valence-electron chi connectivity index (χ4n) is 1.54. The van der Waals surface area contributed by atoms with E-state index in [1.54, 1.807) is 11.3 Å². The molecule has 0 fully saturated rings. The first-order chi connectivity index (χ1) is 8.69. The van der Waals surface area contributed by atoms with Crippen LogP contribution >= 0.6 is 23.1 Å². The molecular weight excluding hydrogens is 262 g/mol. The Hall–Kier alpha value is -1.13. The lowest BCUT2D eigenvalue weighted by Gasteiger charge is -2.01. The normalized spacial score (nSPS) is 10.6. The van der Waals surface area contributed by atoms with Gasteiger partial charge in [0.2, 0.25) is 0 Å². The van der Waals surface area contributed by atoms with Crippen molar-refractivity contribution in [1.82, 2.24) is 4.98 Å². The van der Waals surface area contributed by atoms with Gasteiger partial charge in [-0.15, -0.1) is 11.3 Å². The topological polar surface area (TPSA) is 30.0 Å². The standard InChI is InChI=1S/C14H15NOS2/c1-3-11-4-6-12(7-5-11)13(16)9-18-14-15-10(2)8-17-14/h4-8H,3,9H2,1-2H3. The van der Waals surface area contributed by atoms with Crippen molar-refractivity contribution < 1.29 is 4.79 Å². The predicted octanol–water partition coefficient (Wildman–Crippen LogP) is 3.99. The minimum atomic E-state index is 0.163. The number of nitrogens with zero attached hydrogens (tertiary/aromatic N) is 1. The summed E-state index contributed by atoms with van der Waals surface area (Å²) in [6.07, 6.45) is 1.00. The average Bonchev–Trinajstić information content (AvgIpc) is 2.82. The first-order valence-electron chi connectivity index (χ1n) is 5.86. The quantitative estimate of drug-likeness (QED) is 0.611. The van der Waals surface area contributed by atoms with Gasteiger partial charge in [-0.2, -0.15) is 0 Å². The Kier molecular flexibility index (Phi) is 4.55. The van der Waals surface area contributed by atoms with Crippen LogP contribution in [0.2, 0.25) is 0 Å². The number of rotatable bonds is 5. The molecule has 18 heavy (non-hydrogen) atoms. The molecule has 94 valence electrons. The van der Waals surface area contributed by atoms with Crippen molar-refractivity contribution in [2.24, 2.45) is 0 Å². The number of thioether (sulfide) groups is 1. The predicted molar refractivity (Wildman–Crippen MR) is 77.7 cm³/mol. The largest absolute Gasteiger partial charge is 0.293 e. The summed E-state index contributed by atoms with van der Waals surface area (Å²) in [5, 5.41) is 2.00. The maximum atomic E-state index is 12.0. The molecule has 0 aliphatic rings. The van der Waals surface area contributed by atoms with Crippen molar-refractivity contribution in [3.63, 3.8) is 0 Å². The number of ketones is 1. The number of carbonyl (C=O) groups excluding carboxylic acids is 1. The molecule has 0 saturated heterocycles. The van der Waals surface area contributed by atoms with Crippen LogP contribution in [-0.4, -0.2) is 16.5 Å². The van der Waals surface area contributed by atoms with E-state index in [4.69, 9.17) is 0 Å². The van der Waals surface area contributed by atoms with Gasteiger partial charge in [-0.25, -0.2) is 4.98 Å². The molecule has 0 aliphatic carbocycles. The van der Waals surface area contributed by atoms with Crippen LogP contribution in [-0.2, 0) is 6.42 Å². The summed E-state index contributed by atoms with van der Waals surface area (Å²) in [6, 6.07) is 7.86. The van der Waals surface area contributed by atoms with Crippen LogP contribution in [0.3, 0.4) is 0 Å². The highest BCUT2D eigenvalue weighted by molar-refractivity contribution is 8.01. The minimum Gasteiger partial charge on any atom is -0.293 e. The zero-order valence-electron chi connectivity index (χ0n) is 10.5. The maximum Gasteiger partial charge on any atom is 0.173 e. The van der Waals surface area contributed by atoms with Crippen LogP contribution < -0.4 is 0 Å². The molecule has 1 heterocycles. The Morgan fingerprint density at radius 1 is 1.33 bits per heavy atom. The molecule has 0 atom stereocenters. The number of hydrogen-bond acceptors (Lipinski definition) is 4. The van der Waals surface area contributed by atoms with Gasteiger partial charge in [0.25, 0.3) is 0 Å². The van der Waals surface area contributed by atoms with Crippen molar-refractivity contribution in [3.05, 3.63) is 46.5 Å².